The molecule has 1 aliphatic heterocycles. The molecule has 0 aromatic heterocycles. The van der Waals surface area contributed by atoms with Gasteiger partial charge in [-0.2, -0.15) is 10.2 Å². The second kappa shape index (κ2) is 7.41. The number of nitrogens with zero attached hydrogens (tertiary/aromatic N) is 4. The predicted molar refractivity (Wildman–Crippen MR) is 91.2 cm³/mol. The minimum atomic E-state index is 0.898. The Hall–Kier alpha value is -2.62. The summed E-state index contributed by atoms with van der Waals surface area (Å²) in [7, 11) is 0. The molecule has 1 aliphatic rings. The molecule has 4 heteroatoms. The van der Waals surface area contributed by atoms with Gasteiger partial charge in [-0.05, 0) is 11.1 Å². The highest BCUT2D eigenvalue weighted by Crippen LogP contribution is 2.04. The Balaban J connectivity index is 1.48. The van der Waals surface area contributed by atoms with Gasteiger partial charge >= 0.3 is 0 Å². The Labute approximate surface area is 131 Å². The SMILES string of the molecule is C(=N/N1CCN(/N=C\c2ccccc2)CC1)/c1ccccc1. The van der Waals surface area contributed by atoms with E-state index in [1.54, 1.807) is 0 Å². The van der Waals surface area contributed by atoms with Crippen molar-refractivity contribution in [2.75, 3.05) is 26.2 Å². The maximum absolute atomic E-state index is 4.54. The smallest absolute Gasteiger partial charge is 0.0553 e. The molecule has 1 saturated heterocycles. The molecule has 1 heterocycles. The molecule has 0 radical (unpaired) electrons. The normalized spacial score (nSPS) is 15.8. The number of piperazine rings is 1. The standard InChI is InChI=1S/C18H20N4/c1-3-7-17(8-4-1)15-19-21-11-13-22(14-12-21)20-16-18-9-5-2-6-10-18/h1-10,15-16H,11-14H2/b19-15-,20-16-. The molecule has 4 nitrogen and oxygen atoms in total. The monoisotopic (exact) mass is 292 g/mol. The number of benzene rings is 2. The molecular weight excluding hydrogens is 272 g/mol. The summed E-state index contributed by atoms with van der Waals surface area (Å²) in [6, 6.07) is 20.4. The van der Waals surface area contributed by atoms with Crippen molar-refractivity contribution in [1.82, 2.24) is 10.0 Å². The molecular formula is C18H20N4. The highest BCUT2D eigenvalue weighted by Gasteiger charge is 2.12. The first-order chi connectivity index (χ1) is 10.9. The third-order valence-electron chi connectivity index (χ3n) is 3.57. The molecule has 0 unspecified atom stereocenters. The zero-order chi connectivity index (χ0) is 15.0. The molecule has 2 aromatic rings. The van der Waals surface area contributed by atoms with Gasteiger partial charge in [0.05, 0.1) is 38.6 Å². The van der Waals surface area contributed by atoms with Gasteiger partial charge in [-0.3, -0.25) is 10.0 Å². The van der Waals surface area contributed by atoms with Gasteiger partial charge in [0.1, 0.15) is 0 Å². The van der Waals surface area contributed by atoms with E-state index in [1.165, 1.54) is 0 Å². The van der Waals surface area contributed by atoms with E-state index in [2.05, 4.69) is 44.5 Å². The summed E-state index contributed by atoms with van der Waals surface area (Å²) < 4.78 is 0. The van der Waals surface area contributed by atoms with Crippen LogP contribution in [0.5, 0.6) is 0 Å². The van der Waals surface area contributed by atoms with Crippen molar-refractivity contribution in [1.29, 1.82) is 0 Å². The molecule has 0 aliphatic carbocycles. The van der Waals surface area contributed by atoms with Crippen LogP contribution >= 0.6 is 0 Å². The maximum atomic E-state index is 4.54. The zero-order valence-electron chi connectivity index (χ0n) is 12.5. The van der Waals surface area contributed by atoms with Gasteiger partial charge in [-0.25, -0.2) is 0 Å². The lowest BCUT2D eigenvalue weighted by Gasteiger charge is -2.31. The Morgan fingerprint density at radius 2 is 0.955 bits per heavy atom. The summed E-state index contributed by atoms with van der Waals surface area (Å²) in [5.74, 6) is 0. The van der Waals surface area contributed by atoms with Crippen molar-refractivity contribution in [2.24, 2.45) is 10.2 Å². The summed E-state index contributed by atoms with van der Waals surface area (Å²) in [4.78, 5) is 0. The lowest BCUT2D eigenvalue weighted by atomic mass is 10.2. The minimum Gasteiger partial charge on any atom is -0.293 e. The summed E-state index contributed by atoms with van der Waals surface area (Å²) in [6.45, 7) is 3.59. The van der Waals surface area contributed by atoms with Crippen molar-refractivity contribution in [3.8, 4) is 0 Å². The number of hydrogen-bond donors (Lipinski definition) is 0. The molecule has 0 amide bonds. The fourth-order valence-corrected chi connectivity index (χ4v) is 2.29. The van der Waals surface area contributed by atoms with E-state index in [0.717, 1.165) is 37.3 Å². The highest BCUT2D eigenvalue weighted by atomic mass is 15.5. The molecule has 0 N–H and O–H groups in total. The van der Waals surface area contributed by atoms with Crippen LogP contribution in [-0.4, -0.2) is 48.6 Å². The average molecular weight is 292 g/mol. The first-order valence-corrected chi connectivity index (χ1v) is 7.58. The predicted octanol–water partition coefficient (Wildman–Crippen LogP) is 2.67. The van der Waals surface area contributed by atoms with E-state index in [9.17, 15) is 0 Å². The fourth-order valence-electron chi connectivity index (χ4n) is 2.29. The molecule has 1 fully saturated rings. The second-order valence-electron chi connectivity index (χ2n) is 5.22. The van der Waals surface area contributed by atoms with Crippen LogP contribution in [0.1, 0.15) is 11.1 Å². The molecule has 3 rings (SSSR count). The van der Waals surface area contributed by atoms with E-state index in [4.69, 9.17) is 0 Å². The lowest BCUT2D eigenvalue weighted by molar-refractivity contribution is 0.141. The number of rotatable bonds is 4. The number of hydrazone groups is 2. The van der Waals surface area contributed by atoms with Crippen LogP contribution in [0, 0.1) is 0 Å². The summed E-state index contributed by atoms with van der Waals surface area (Å²) in [5, 5.41) is 13.3. The number of hydrogen-bond acceptors (Lipinski definition) is 4. The zero-order valence-corrected chi connectivity index (χ0v) is 12.5. The van der Waals surface area contributed by atoms with Crippen LogP contribution in [0.2, 0.25) is 0 Å². The van der Waals surface area contributed by atoms with E-state index in [1.807, 2.05) is 48.8 Å². The molecule has 0 saturated carbocycles. The first-order valence-electron chi connectivity index (χ1n) is 7.58. The first kappa shape index (κ1) is 14.3. The maximum Gasteiger partial charge on any atom is 0.0553 e. The van der Waals surface area contributed by atoms with Gasteiger partial charge in [0.15, 0.2) is 0 Å². The van der Waals surface area contributed by atoms with Crippen molar-refractivity contribution in [2.45, 2.75) is 0 Å². The second-order valence-corrected chi connectivity index (χ2v) is 5.22. The third kappa shape index (κ3) is 4.19. The van der Waals surface area contributed by atoms with E-state index in [-0.39, 0.29) is 0 Å². The molecule has 0 bridgehead atoms. The molecule has 0 spiro atoms. The Morgan fingerprint density at radius 3 is 1.32 bits per heavy atom. The molecule has 0 atom stereocenters. The van der Waals surface area contributed by atoms with Crippen LogP contribution in [-0.2, 0) is 0 Å². The van der Waals surface area contributed by atoms with Gasteiger partial charge in [0, 0.05) is 0 Å². The molecule has 2 aromatic carbocycles. The van der Waals surface area contributed by atoms with E-state index < -0.39 is 0 Å². The van der Waals surface area contributed by atoms with Crippen molar-refractivity contribution >= 4 is 12.4 Å². The fraction of sp³-hybridized carbons (Fsp3) is 0.222. The minimum absolute atomic E-state index is 0.898. The lowest BCUT2D eigenvalue weighted by Crippen LogP contribution is -2.41. The van der Waals surface area contributed by atoms with Crippen LogP contribution in [0.4, 0.5) is 0 Å². The third-order valence-corrected chi connectivity index (χ3v) is 3.57. The van der Waals surface area contributed by atoms with Gasteiger partial charge < -0.3 is 0 Å². The molecule has 112 valence electrons. The molecule has 22 heavy (non-hydrogen) atoms. The Kier molecular flexibility index (Phi) is 4.82. The average Bonchev–Trinajstić information content (AvgIpc) is 2.61. The summed E-state index contributed by atoms with van der Waals surface area (Å²) in [6.07, 6.45) is 3.84. The highest BCUT2D eigenvalue weighted by molar-refractivity contribution is 5.79. The Bertz CT molecular complexity index is 557. The van der Waals surface area contributed by atoms with Crippen LogP contribution in [0.15, 0.2) is 70.9 Å². The van der Waals surface area contributed by atoms with Crippen molar-refractivity contribution in [3.05, 3.63) is 71.8 Å². The van der Waals surface area contributed by atoms with E-state index >= 15 is 0 Å². The van der Waals surface area contributed by atoms with Crippen molar-refractivity contribution in [3.63, 3.8) is 0 Å². The van der Waals surface area contributed by atoms with Crippen molar-refractivity contribution < 1.29 is 0 Å². The van der Waals surface area contributed by atoms with Crippen LogP contribution in [0.25, 0.3) is 0 Å². The van der Waals surface area contributed by atoms with Gasteiger partial charge in [0.2, 0.25) is 0 Å². The van der Waals surface area contributed by atoms with Crippen LogP contribution in [0.3, 0.4) is 0 Å². The van der Waals surface area contributed by atoms with Gasteiger partial charge in [-0.15, -0.1) is 0 Å². The quantitative estimate of drug-likeness (QED) is 0.811. The Morgan fingerprint density at radius 1 is 0.591 bits per heavy atom. The van der Waals surface area contributed by atoms with E-state index in [0.29, 0.717) is 0 Å². The van der Waals surface area contributed by atoms with Crippen LogP contribution < -0.4 is 0 Å². The summed E-state index contributed by atoms with van der Waals surface area (Å²) in [5.41, 5.74) is 2.26. The van der Waals surface area contributed by atoms with Gasteiger partial charge in [-0.1, -0.05) is 60.7 Å². The largest absolute Gasteiger partial charge is 0.293 e. The topological polar surface area (TPSA) is 31.2 Å². The summed E-state index contributed by atoms with van der Waals surface area (Å²) >= 11 is 0. The van der Waals surface area contributed by atoms with Gasteiger partial charge in [0.25, 0.3) is 0 Å².